The predicted octanol–water partition coefficient (Wildman–Crippen LogP) is 0.224. The Morgan fingerprint density at radius 1 is 1.41 bits per heavy atom. The van der Waals surface area contributed by atoms with E-state index in [2.05, 4.69) is 5.32 Å². The van der Waals surface area contributed by atoms with E-state index < -0.39 is 9.84 Å². The van der Waals surface area contributed by atoms with Crippen molar-refractivity contribution >= 4 is 15.7 Å². The smallest absolute Gasteiger partial charge is 0.241 e. The lowest BCUT2D eigenvalue weighted by Gasteiger charge is -2.26. The molecule has 1 amide bonds. The molecule has 2 unspecified atom stereocenters. The molecule has 0 bridgehead atoms. The van der Waals surface area contributed by atoms with Crippen molar-refractivity contribution in [1.82, 2.24) is 10.2 Å². The van der Waals surface area contributed by atoms with E-state index in [1.54, 1.807) is 4.90 Å². The van der Waals surface area contributed by atoms with Crippen molar-refractivity contribution in [3.8, 4) is 0 Å². The minimum atomic E-state index is -3.03. The number of carbonyl (C=O) groups excluding carboxylic acids is 1. The Morgan fingerprint density at radius 2 is 2.00 bits per heavy atom. The average Bonchev–Trinajstić information content (AvgIpc) is 2.51. The van der Waals surface area contributed by atoms with Crippen LogP contribution in [0.4, 0.5) is 0 Å². The normalized spacial score (nSPS) is 25.9. The zero-order valence-electron chi connectivity index (χ0n) is 10.9. The molecule has 0 spiro atoms. The Bertz CT molecular complexity index is 378. The summed E-state index contributed by atoms with van der Waals surface area (Å²) in [6.45, 7) is 6.28. The molecule has 1 aliphatic heterocycles. The zero-order chi connectivity index (χ0) is 13.2. The fraction of sp³-hybridized carbons (Fsp3) is 0.909. The second kappa shape index (κ2) is 5.35. The van der Waals surface area contributed by atoms with E-state index >= 15 is 0 Å². The van der Waals surface area contributed by atoms with Crippen molar-refractivity contribution in [1.29, 1.82) is 0 Å². The highest BCUT2D eigenvalue weighted by Crippen LogP contribution is 2.18. The van der Waals surface area contributed by atoms with Gasteiger partial charge in [0.05, 0.1) is 18.0 Å². The summed E-state index contributed by atoms with van der Waals surface area (Å²) < 4.78 is 22.3. The maximum absolute atomic E-state index is 12.0. The standard InChI is InChI=1S/C11H22N2O3S/c1-5-9-11(14)13(6-7-17(4,15)16)10(12-9)8(2)3/h8-10,12H,5-7H2,1-4H3. The molecule has 1 heterocycles. The van der Waals surface area contributed by atoms with Gasteiger partial charge in [0.1, 0.15) is 9.84 Å². The number of nitrogens with one attached hydrogen (secondary N) is 1. The molecule has 1 saturated heterocycles. The van der Waals surface area contributed by atoms with Crippen LogP contribution in [0.2, 0.25) is 0 Å². The van der Waals surface area contributed by atoms with Crippen LogP contribution < -0.4 is 5.32 Å². The van der Waals surface area contributed by atoms with Crippen LogP contribution in [-0.4, -0.2) is 50.0 Å². The minimum absolute atomic E-state index is 0.0230. The summed E-state index contributed by atoms with van der Waals surface area (Å²) in [6.07, 6.45) is 1.88. The van der Waals surface area contributed by atoms with Crippen LogP contribution in [0, 0.1) is 5.92 Å². The number of nitrogens with zero attached hydrogens (tertiary/aromatic N) is 1. The van der Waals surface area contributed by atoms with Crippen molar-refractivity contribution in [2.45, 2.75) is 39.4 Å². The molecule has 0 aromatic heterocycles. The van der Waals surface area contributed by atoms with Crippen molar-refractivity contribution < 1.29 is 13.2 Å². The third kappa shape index (κ3) is 3.67. The van der Waals surface area contributed by atoms with Gasteiger partial charge in [0.2, 0.25) is 5.91 Å². The van der Waals surface area contributed by atoms with Crippen LogP contribution in [0.5, 0.6) is 0 Å². The van der Waals surface area contributed by atoms with Crippen LogP contribution in [0.25, 0.3) is 0 Å². The van der Waals surface area contributed by atoms with Gasteiger partial charge in [-0.1, -0.05) is 20.8 Å². The summed E-state index contributed by atoms with van der Waals surface area (Å²) in [5, 5.41) is 3.26. The lowest BCUT2D eigenvalue weighted by molar-refractivity contribution is -0.130. The van der Waals surface area contributed by atoms with Gasteiger partial charge in [-0.25, -0.2) is 8.42 Å². The Morgan fingerprint density at radius 3 is 2.41 bits per heavy atom. The van der Waals surface area contributed by atoms with Crippen molar-refractivity contribution in [3.63, 3.8) is 0 Å². The second-order valence-electron chi connectivity index (χ2n) is 4.98. The highest BCUT2D eigenvalue weighted by molar-refractivity contribution is 7.90. The molecule has 0 aliphatic carbocycles. The van der Waals surface area contributed by atoms with Crippen molar-refractivity contribution in [2.75, 3.05) is 18.6 Å². The monoisotopic (exact) mass is 262 g/mol. The Kier molecular flexibility index (Phi) is 4.55. The van der Waals surface area contributed by atoms with E-state index in [1.807, 2.05) is 20.8 Å². The fourth-order valence-electron chi connectivity index (χ4n) is 2.06. The molecule has 5 nitrogen and oxygen atoms in total. The number of amides is 1. The van der Waals surface area contributed by atoms with Crippen LogP contribution in [0.3, 0.4) is 0 Å². The largest absolute Gasteiger partial charge is 0.325 e. The van der Waals surface area contributed by atoms with E-state index in [1.165, 1.54) is 6.26 Å². The summed E-state index contributed by atoms with van der Waals surface area (Å²) in [6, 6.07) is -0.165. The van der Waals surface area contributed by atoms with Gasteiger partial charge in [-0.05, 0) is 12.3 Å². The topological polar surface area (TPSA) is 66.5 Å². The van der Waals surface area contributed by atoms with Gasteiger partial charge in [0.25, 0.3) is 0 Å². The molecule has 1 fully saturated rings. The van der Waals surface area contributed by atoms with Gasteiger partial charge < -0.3 is 4.90 Å². The first kappa shape index (κ1) is 14.4. The molecule has 1 aliphatic rings. The van der Waals surface area contributed by atoms with E-state index in [-0.39, 0.29) is 36.3 Å². The van der Waals surface area contributed by atoms with Gasteiger partial charge in [-0.15, -0.1) is 0 Å². The number of rotatable bonds is 5. The van der Waals surface area contributed by atoms with E-state index in [9.17, 15) is 13.2 Å². The average molecular weight is 262 g/mol. The first-order valence-electron chi connectivity index (χ1n) is 6.00. The zero-order valence-corrected chi connectivity index (χ0v) is 11.8. The van der Waals surface area contributed by atoms with Crippen LogP contribution in [0.15, 0.2) is 0 Å². The first-order chi connectivity index (χ1) is 7.76. The molecule has 6 heteroatoms. The van der Waals surface area contributed by atoms with Crippen LogP contribution in [-0.2, 0) is 14.6 Å². The predicted molar refractivity (Wildman–Crippen MR) is 67.3 cm³/mol. The van der Waals surface area contributed by atoms with Gasteiger partial charge in [0.15, 0.2) is 0 Å². The molecular formula is C11H22N2O3S. The molecule has 0 radical (unpaired) electrons. The fourth-order valence-corrected chi connectivity index (χ4v) is 2.59. The summed E-state index contributed by atoms with van der Waals surface area (Å²) in [7, 11) is -3.03. The highest BCUT2D eigenvalue weighted by Gasteiger charge is 2.39. The molecule has 1 N–H and O–H groups in total. The number of hydrogen-bond acceptors (Lipinski definition) is 4. The van der Waals surface area contributed by atoms with E-state index in [0.29, 0.717) is 0 Å². The summed E-state index contributed by atoms with van der Waals surface area (Å²) in [4.78, 5) is 13.7. The number of carbonyl (C=O) groups is 1. The highest BCUT2D eigenvalue weighted by atomic mass is 32.2. The molecule has 0 aromatic carbocycles. The lowest BCUT2D eigenvalue weighted by Crippen LogP contribution is -2.43. The SMILES string of the molecule is CCC1NC(C(C)C)N(CCS(C)(=O)=O)C1=O. The van der Waals surface area contributed by atoms with E-state index in [0.717, 1.165) is 6.42 Å². The number of hydrogen-bond donors (Lipinski definition) is 1. The molecule has 2 atom stereocenters. The van der Waals surface area contributed by atoms with Crippen molar-refractivity contribution in [3.05, 3.63) is 0 Å². The van der Waals surface area contributed by atoms with Gasteiger partial charge in [-0.2, -0.15) is 0 Å². The van der Waals surface area contributed by atoms with Gasteiger partial charge in [0, 0.05) is 12.8 Å². The second-order valence-corrected chi connectivity index (χ2v) is 7.24. The quantitative estimate of drug-likeness (QED) is 0.770. The van der Waals surface area contributed by atoms with Crippen LogP contribution in [0.1, 0.15) is 27.2 Å². The number of sulfone groups is 1. The third-order valence-electron chi connectivity index (χ3n) is 3.03. The molecule has 1 rings (SSSR count). The molecule has 0 aromatic rings. The molecule has 100 valence electrons. The molecule has 0 saturated carbocycles. The maximum Gasteiger partial charge on any atom is 0.241 e. The van der Waals surface area contributed by atoms with Gasteiger partial charge >= 0.3 is 0 Å². The minimum Gasteiger partial charge on any atom is -0.325 e. The van der Waals surface area contributed by atoms with E-state index in [4.69, 9.17) is 0 Å². The first-order valence-corrected chi connectivity index (χ1v) is 8.06. The summed E-state index contributed by atoms with van der Waals surface area (Å²) in [5.41, 5.74) is 0. The molecular weight excluding hydrogens is 240 g/mol. The third-order valence-corrected chi connectivity index (χ3v) is 3.96. The Hall–Kier alpha value is -0.620. The van der Waals surface area contributed by atoms with Gasteiger partial charge in [-0.3, -0.25) is 10.1 Å². The molecule has 17 heavy (non-hydrogen) atoms. The van der Waals surface area contributed by atoms with Crippen molar-refractivity contribution in [2.24, 2.45) is 5.92 Å². The Balaban J connectivity index is 2.75. The van der Waals surface area contributed by atoms with Crippen LogP contribution >= 0.6 is 0 Å². The summed E-state index contributed by atoms with van der Waals surface area (Å²) in [5.74, 6) is 0.324. The maximum atomic E-state index is 12.0. The lowest BCUT2D eigenvalue weighted by atomic mass is 10.1. The summed E-state index contributed by atoms with van der Waals surface area (Å²) >= 11 is 0. The Labute approximate surface area is 103 Å².